The van der Waals surface area contributed by atoms with Crippen LogP contribution in [0, 0.1) is 0 Å². The smallest absolute Gasteiger partial charge is 0.413 e. The van der Waals surface area contributed by atoms with Crippen molar-refractivity contribution in [2.24, 2.45) is 0 Å². The summed E-state index contributed by atoms with van der Waals surface area (Å²) in [7, 11) is 0. The summed E-state index contributed by atoms with van der Waals surface area (Å²) in [6.45, 7) is 3.85. The Morgan fingerprint density at radius 3 is 2.52 bits per heavy atom. The van der Waals surface area contributed by atoms with Gasteiger partial charge in [-0.1, -0.05) is 65.6 Å². The van der Waals surface area contributed by atoms with E-state index in [1.807, 2.05) is 37.3 Å². The predicted molar refractivity (Wildman–Crippen MR) is 129 cm³/mol. The normalized spacial score (nSPS) is 11.3. The van der Waals surface area contributed by atoms with E-state index in [2.05, 4.69) is 26.1 Å². The van der Waals surface area contributed by atoms with Crippen LogP contribution in [0.15, 0.2) is 58.9 Å². The number of rotatable bonds is 9. The van der Waals surface area contributed by atoms with E-state index in [1.54, 1.807) is 31.2 Å². The number of nitrogens with zero attached hydrogens (tertiary/aromatic N) is 2. The molecule has 0 aliphatic rings. The number of ether oxygens (including phenoxy) is 1. The first-order chi connectivity index (χ1) is 16.0. The van der Waals surface area contributed by atoms with Gasteiger partial charge in [0.25, 0.3) is 5.91 Å². The molecule has 0 bridgehead atoms. The second-order valence-electron chi connectivity index (χ2n) is 6.71. The fraction of sp³-hybridized carbons (Fsp3) is 0.227. The van der Waals surface area contributed by atoms with Crippen LogP contribution in [0.3, 0.4) is 0 Å². The molecule has 3 rings (SSSR count). The van der Waals surface area contributed by atoms with Gasteiger partial charge in [-0.15, -0.1) is 10.2 Å². The lowest BCUT2D eigenvalue weighted by Crippen LogP contribution is -2.28. The van der Waals surface area contributed by atoms with E-state index in [1.165, 1.54) is 11.8 Å². The van der Waals surface area contributed by atoms with Crippen LogP contribution in [0.1, 0.15) is 35.8 Å². The molecule has 3 amide bonds. The number of benzene rings is 2. The summed E-state index contributed by atoms with van der Waals surface area (Å²) >= 11 is 2.30. The molecule has 9 nitrogen and oxygen atoms in total. The van der Waals surface area contributed by atoms with Gasteiger partial charge < -0.3 is 15.4 Å². The zero-order chi connectivity index (χ0) is 23.6. The zero-order valence-corrected chi connectivity index (χ0v) is 19.7. The summed E-state index contributed by atoms with van der Waals surface area (Å²) in [6.07, 6.45) is -0.612. The van der Waals surface area contributed by atoms with Crippen LogP contribution in [0.2, 0.25) is 0 Å². The SMILES string of the molecule is CCOC(=O)Nc1nnc(SCC(=O)Nc2ccccc2C(=O)NC(C)c2ccccc2)s1. The topological polar surface area (TPSA) is 122 Å². The Morgan fingerprint density at radius 2 is 1.76 bits per heavy atom. The van der Waals surface area contributed by atoms with Crippen molar-refractivity contribution in [3.63, 3.8) is 0 Å². The first-order valence-corrected chi connectivity index (χ1v) is 11.9. The molecular formula is C22H23N5O4S2. The van der Waals surface area contributed by atoms with Crippen molar-refractivity contribution in [3.05, 3.63) is 65.7 Å². The van der Waals surface area contributed by atoms with E-state index < -0.39 is 6.09 Å². The number of thioether (sulfide) groups is 1. The average Bonchev–Trinajstić information content (AvgIpc) is 3.26. The molecule has 2 aromatic carbocycles. The van der Waals surface area contributed by atoms with Crippen molar-refractivity contribution in [3.8, 4) is 0 Å². The van der Waals surface area contributed by atoms with Gasteiger partial charge >= 0.3 is 6.09 Å². The van der Waals surface area contributed by atoms with Gasteiger partial charge in [0.15, 0.2) is 4.34 Å². The van der Waals surface area contributed by atoms with Crippen LogP contribution < -0.4 is 16.0 Å². The maximum atomic E-state index is 12.8. The monoisotopic (exact) mass is 485 g/mol. The van der Waals surface area contributed by atoms with Crippen molar-refractivity contribution in [2.75, 3.05) is 23.0 Å². The third kappa shape index (κ3) is 7.29. The highest BCUT2D eigenvalue weighted by atomic mass is 32.2. The number of hydrogen-bond acceptors (Lipinski definition) is 8. The average molecular weight is 486 g/mol. The van der Waals surface area contributed by atoms with Crippen molar-refractivity contribution >= 4 is 51.8 Å². The van der Waals surface area contributed by atoms with Crippen LogP contribution in [-0.4, -0.2) is 40.5 Å². The number of nitrogens with one attached hydrogen (secondary N) is 3. The van der Waals surface area contributed by atoms with Crippen molar-refractivity contribution in [1.29, 1.82) is 0 Å². The lowest BCUT2D eigenvalue weighted by Gasteiger charge is -2.16. The van der Waals surface area contributed by atoms with Gasteiger partial charge in [0.1, 0.15) is 0 Å². The summed E-state index contributed by atoms with van der Waals surface area (Å²) in [4.78, 5) is 36.7. The largest absolute Gasteiger partial charge is 0.450 e. The number of para-hydroxylation sites is 1. The Kier molecular flexibility index (Phi) is 8.79. The Balaban J connectivity index is 1.56. The van der Waals surface area contributed by atoms with Gasteiger partial charge in [-0.05, 0) is 31.5 Å². The second kappa shape index (κ2) is 12.0. The standard InChI is InChI=1S/C22H23N5O4S2/c1-3-31-21(30)25-20-26-27-22(33-20)32-13-18(28)24-17-12-8-7-11-16(17)19(29)23-14(2)15-9-5-4-6-10-15/h4-12,14H,3,13H2,1-2H3,(H,23,29)(H,24,28)(H,25,26,30). The highest BCUT2D eigenvalue weighted by Crippen LogP contribution is 2.26. The van der Waals surface area contributed by atoms with Crippen LogP contribution in [0.4, 0.5) is 15.6 Å². The lowest BCUT2D eigenvalue weighted by atomic mass is 10.1. The minimum absolute atomic E-state index is 0.0599. The van der Waals surface area contributed by atoms with Crippen LogP contribution in [-0.2, 0) is 9.53 Å². The second-order valence-corrected chi connectivity index (χ2v) is 8.91. The van der Waals surface area contributed by atoms with Crippen LogP contribution >= 0.6 is 23.1 Å². The molecule has 1 aromatic heterocycles. The molecule has 33 heavy (non-hydrogen) atoms. The number of carbonyl (C=O) groups excluding carboxylic acids is 3. The van der Waals surface area contributed by atoms with Crippen molar-refractivity contribution in [1.82, 2.24) is 15.5 Å². The van der Waals surface area contributed by atoms with E-state index in [0.29, 0.717) is 15.6 Å². The van der Waals surface area contributed by atoms with Crippen LogP contribution in [0.5, 0.6) is 0 Å². The van der Waals surface area contributed by atoms with E-state index in [0.717, 1.165) is 16.9 Å². The van der Waals surface area contributed by atoms with Gasteiger partial charge in [-0.3, -0.25) is 14.9 Å². The van der Waals surface area contributed by atoms with Crippen LogP contribution in [0.25, 0.3) is 0 Å². The minimum Gasteiger partial charge on any atom is -0.450 e. The van der Waals surface area contributed by atoms with Gasteiger partial charge in [0, 0.05) is 0 Å². The van der Waals surface area contributed by atoms with Gasteiger partial charge in [-0.25, -0.2) is 4.79 Å². The Hall–Kier alpha value is -3.44. The zero-order valence-electron chi connectivity index (χ0n) is 18.0. The van der Waals surface area contributed by atoms with Crippen molar-refractivity contribution in [2.45, 2.75) is 24.2 Å². The molecule has 1 unspecified atom stereocenters. The third-order valence-electron chi connectivity index (χ3n) is 4.31. The Labute approximate surface area is 199 Å². The first-order valence-electron chi connectivity index (χ1n) is 10.1. The summed E-state index contributed by atoms with van der Waals surface area (Å²) in [6, 6.07) is 16.3. The summed E-state index contributed by atoms with van der Waals surface area (Å²) < 4.78 is 5.30. The fourth-order valence-corrected chi connectivity index (χ4v) is 4.31. The molecule has 1 atom stereocenters. The van der Waals surface area contributed by atoms with Gasteiger partial charge in [-0.2, -0.15) is 0 Å². The quantitative estimate of drug-likeness (QED) is 0.305. The van der Waals surface area contributed by atoms with Crippen molar-refractivity contribution < 1.29 is 19.1 Å². The molecule has 0 fully saturated rings. The molecule has 0 aliphatic heterocycles. The summed E-state index contributed by atoms with van der Waals surface area (Å²) in [5.41, 5.74) is 1.77. The number of amides is 3. The molecule has 0 saturated carbocycles. The van der Waals surface area contributed by atoms with E-state index in [4.69, 9.17) is 4.74 Å². The summed E-state index contributed by atoms with van der Waals surface area (Å²) in [5, 5.41) is 16.3. The molecule has 1 heterocycles. The number of aromatic nitrogens is 2. The number of hydrogen-bond donors (Lipinski definition) is 3. The molecule has 11 heteroatoms. The maximum absolute atomic E-state index is 12.8. The maximum Gasteiger partial charge on any atom is 0.413 e. The lowest BCUT2D eigenvalue weighted by molar-refractivity contribution is -0.113. The van der Waals surface area contributed by atoms with E-state index in [-0.39, 0.29) is 35.3 Å². The molecule has 0 spiro atoms. The first kappa shape index (κ1) is 24.2. The molecule has 0 radical (unpaired) electrons. The Bertz CT molecular complexity index is 1110. The highest BCUT2D eigenvalue weighted by Gasteiger charge is 2.17. The predicted octanol–water partition coefficient (Wildman–Crippen LogP) is 4.33. The summed E-state index contributed by atoms with van der Waals surface area (Å²) in [5.74, 6) is -0.523. The Morgan fingerprint density at radius 1 is 1.03 bits per heavy atom. The molecule has 172 valence electrons. The number of carbonyl (C=O) groups is 3. The minimum atomic E-state index is -0.612. The molecule has 0 saturated heterocycles. The molecule has 0 aliphatic carbocycles. The van der Waals surface area contributed by atoms with E-state index >= 15 is 0 Å². The van der Waals surface area contributed by atoms with Gasteiger partial charge in [0.2, 0.25) is 11.0 Å². The highest BCUT2D eigenvalue weighted by molar-refractivity contribution is 8.01. The molecular weight excluding hydrogens is 462 g/mol. The fourth-order valence-electron chi connectivity index (χ4n) is 2.78. The van der Waals surface area contributed by atoms with Gasteiger partial charge in [0.05, 0.1) is 29.7 Å². The molecule has 3 N–H and O–H groups in total. The van der Waals surface area contributed by atoms with E-state index in [9.17, 15) is 14.4 Å². The molecule has 3 aromatic rings. The number of anilines is 2. The third-order valence-corrected chi connectivity index (χ3v) is 6.28.